The Morgan fingerprint density at radius 2 is 1.45 bits per heavy atom. The second-order valence-electron chi connectivity index (χ2n) is 16.6. The van der Waals surface area contributed by atoms with Crippen molar-refractivity contribution < 1.29 is 91.2 Å². The number of aromatic nitrogens is 1. The minimum Gasteiger partial charge on any atom is -0.465 e. The molecule has 0 unspecified atom stereocenters. The van der Waals surface area contributed by atoms with Crippen LogP contribution in [0.15, 0.2) is 18.3 Å². The van der Waals surface area contributed by atoms with E-state index in [9.17, 15) is 48.6 Å². The Balaban J connectivity index is 1.98. The van der Waals surface area contributed by atoms with E-state index in [1.165, 1.54) is 32.2 Å². The van der Waals surface area contributed by atoms with Crippen LogP contribution < -0.4 is 0 Å². The van der Waals surface area contributed by atoms with Crippen molar-refractivity contribution in [3.8, 4) is 0 Å². The molecule has 0 aromatic carbocycles. The summed E-state index contributed by atoms with van der Waals surface area (Å²) in [7, 11) is 0. The predicted molar refractivity (Wildman–Crippen MR) is 196 cm³/mol. The van der Waals surface area contributed by atoms with Gasteiger partial charge in [0.25, 0.3) is 0 Å². The number of hydrogen-bond donors (Lipinski definition) is 2. The summed E-state index contributed by atoms with van der Waals surface area (Å²) in [6.07, 6.45) is -11.5. The Hall–Kier alpha value is -5.21. The van der Waals surface area contributed by atoms with E-state index < -0.39 is 143 Å². The third-order valence-corrected chi connectivity index (χ3v) is 12.0. The quantitative estimate of drug-likeness (QED) is 0.270. The lowest BCUT2D eigenvalue weighted by Crippen LogP contribution is -2.89. The van der Waals surface area contributed by atoms with Gasteiger partial charge in [0.1, 0.15) is 54.2 Å². The van der Waals surface area contributed by atoms with Gasteiger partial charge in [-0.05, 0) is 39.8 Å². The first kappa shape index (κ1) is 45.9. The topological polar surface area (TPSA) is 273 Å². The molecule has 2 aliphatic carbocycles. The zero-order valence-corrected chi connectivity index (χ0v) is 35.1. The summed E-state index contributed by atoms with van der Waals surface area (Å²) in [6.45, 7) is 10.6. The highest BCUT2D eigenvalue weighted by Gasteiger charge is 2.91. The molecule has 20 nitrogen and oxygen atoms in total. The maximum Gasteiger partial charge on any atom is 0.350 e. The summed E-state index contributed by atoms with van der Waals surface area (Å²) >= 11 is 0. The van der Waals surface area contributed by atoms with Crippen molar-refractivity contribution in [3.63, 3.8) is 0 Å². The van der Waals surface area contributed by atoms with Crippen LogP contribution in [0.2, 0.25) is 0 Å². The van der Waals surface area contributed by atoms with E-state index in [2.05, 4.69) is 4.98 Å². The number of aliphatic hydroxyl groups is 2. The lowest BCUT2D eigenvalue weighted by atomic mass is 9.45. The first-order valence-corrected chi connectivity index (χ1v) is 19.2. The molecule has 0 radical (unpaired) electrons. The molecule has 330 valence electrons. The molecular formula is C40H51NO19. The van der Waals surface area contributed by atoms with E-state index in [4.69, 9.17) is 42.6 Å². The average molecular weight is 850 g/mol. The minimum atomic E-state index is -2.89. The Kier molecular flexibility index (Phi) is 12.2. The fourth-order valence-corrected chi connectivity index (χ4v) is 9.44. The van der Waals surface area contributed by atoms with Gasteiger partial charge < -0.3 is 52.8 Å². The minimum absolute atomic E-state index is 0.0663. The Morgan fingerprint density at radius 1 is 0.850 bits per heavy atom. The molecule has 2 N–H and O–H groups in total. The van der Waals surface area contributed by atoms with Crippen LogP contribution >= 0.6 is 0 Å². The van der Waals surface area contributed by atoms with Gasteiger partial charge in [-0.2, -0.15) is 0 Å². The third kappa shape index (κ3) is 7.35. The third-order valence-electron chi connectivity index (χ3n) is 12.0. The second kappa shape index (κ2) is 16.0. The first-order valence-electron chi connectivity index (χ1n) is 19.2. The van der Waals surface area contributed by atoms with Crippen LogP contribution in [-0.4, -0.2) is 135 Å². The van der Waals surface area contributed by atoms with Gasteiger partial charge in [0, 0.05) is 46.7 Å². The van der Waals surface area contributed by atoms with Crippen molar-refractivity contribution in [1.29, 1.82) is 0 Å². The molecule has 1 aromatic heterocycles. The zero-order valence-electron chi connectivity index (χ0n) is 35.1. The second-order valence-corrected chi connectivity index (χ2v) is 16.6. The highest BCUT2D eigenvalue weighted by molar-refractivity contribution is 5.91. The highest BCUT2D eigenvalue weighted by Crippen LogP contribution is 2.70. The first-order chi connectivity index (χ1) is 27.7. The van der Waals surface area contributed by atoms with E-state index in [0.717, 1.165) is 55.4 Å². The Bertz CT molecular complexity index is 1960. The van der Waals surface area contributed by atoms with Crippen LogP contribution in [0.4, 0.5) is 0 Å². The number of carbonyl (C=O) groups excluding carboxylic acids is 8. The lowest BCUT2D eigenvalue weighted by Gasteiger charge is -2.67. The van der Waals surface area contributed by atoms with Gasteiger partial charge in [-0.3, -0.25) is 33.8 Å². The van der Waals surface area contributed by atoms with Gasteiger partial charge in [-0.25, -0.2) is 9.59 Å². The Labute approximate surface area is 344 Å². The van der Waals surface area contributed by atoms with Crippen molar-refractivity contribution in [2.45, 2.75) is 141 Å². The molecule has 0 amide bonds. The van der Waals surface area contributed by atoms with E-state index in [1.807, 2.05) is 0 Å². The number of nitrogens with zero attached hydrogens (tertiary/aromatic N) is 1. The fourth-order valence-electron chi connectivity index (χ4n) is 9.44. The van der Waals surface area contributed by atoms with Crippen molar-refractivity contribution in [2.75, 3.05) is 13.2 Å². The number of rotatable bonds is 8. The van der Waals surface area contributed by atoms with Crippen LogP contribution in [0.25, 0.3) is 0 Å². The maximum atomic E-state index is 14.3. The molecule has 1 spiro atoms. The molecule has 2 saturated carbocycles. The van der Waals surface area contributed by atoms with Crippen LogP contribution in [0.3, 0.4) is 0 Å². The van der Waals surface area contributed by atoms with E-state index in [-0.39, 0.29) is 11.3 Å². The summed E-state index contributed by atoms with van der Waals surface area (Å²) in [6, 6.07) is 2.86. The van der Waals surface area contributed by atoms with Crippen molar-refractivity contribution in [2.24, 2.45) is 17.3 Å². The molecule has 13 atom stereocenters. The average Bonchev–Trinajstić information content (AvgIpc) is 3.35. The van der Waals surface area contributed by atoms with Gasteiger partial charge in [-0.15, -0.1) is 0 Å². The van der Waals surface area contributed by atoms with E-state index >= 15 is 0 Å². The summed E-state index contributed by atoms with van der Waals surface area (Å²) in [5.41, 5.74) is -12.7. The number of cyclic esters (lactones) is 1. The molecule has 2 aliphatic heterocycles. The van der Waals surface area contributed by atoms with Crippen LogP contribution in [0.1, 0.15) is 98.1 Å². The monoisotopic (exact) mass is 849 g/mol. The molecular weight excluding hydrogens is 798 g/mol. The van der Waals surface area contributed by atoms with Crippen LogP contribution in [-0.2, 0) is 76.2 Å². The highest BCUT2D eigenvalue weighted by atomic mass is 16.7. The van der Waals surface area contributed by atoms with Gasteiger partial charge in [-0.1, -0.05) is 13.8 Å². The molecule has 20 heteroatoms. The number of hydrogen-bond acceptors (Lipinski definition) is 20. The predicted octanol–water partition coefficient (Wildman–Crippen LogP) is 0.785. The molecule has 3 heterocycles. The van der Waals surface area contributed by atoms with Crippen molar-refractivity contribution >= 4 is 47.8 Å². The molecule has 4 aliphatic rings. The number of ether oxygens (including phenoxy) is 9. The van der Waals surface area contributed by atoms with Crippen LogP contribution in [0, 0.1) is 17.3 Å². The molecule has 5 rings (SSSR count). The lowest BCUT2D eigenvalue weighted by molar-refractivity contribution is -0.387. The van der Waals surface area contributed by atoms with Gasteiger partial charge in [0.2, 0.25) is 5.60 Å². The van der Waals surface area contributed by atoms with Crippen LogP contribution in [0.5, 0.6) is 0 Å². The molecule has 1 saturated heterocycles. The molecule has 1 aromatic rings. The zero-order chi connectivity index (χ0) is 45.1. The van der Waals surface area contributed by atoms with Gasteiger partial charge in [0.15, 0.2) is 17.8 Å². The van der Waals surface area contributed by atoms with Crippen molar-refractivity contribution in [1.82, 2.24) is 4.98 Å². The number of carbonyl (C=O) groups is 8. The number of esters is 8. The Morgan fingerprint density at radius 3 is 2.02 bits per heavy atom. The largest absolute Gasteiger partial charge is 0.465 e. The number of aliphatic hydroxyl groups excluding tert-OH is 1. The summed E-state index contributed by atoms with van der Waals surface area (Å²) in [4.78, 5) is 112. The standard InChI is InChI=1S/C40H51NO19/c1-17-18(2)33(48)57-30-27(47)31(56-22(6)45)39(16-52-19(3)42)32(58-35(50)36(8,9)59-23(7)46)28(54-20(4)43)25-29(55-21(5)44)40(39,38(30,11)51)60-37(25,10)15-53-34(49)24-13-12-14-41-26(17)24/h12-14,17-18,25,27-32,47,51H,15-16H2,1-11H3/t17-,18-,25-,27+,28-,29-,30+,31+,32-,37+,38+,39+,40+/m1/s1. The number of pyridine rings is 1. The van der Waals surface area contributed by atoms with Gasteiger partial charge >= 0.3 is 47.8 Å². The van der Waals surface area contributed by atoms with Gasteiger partial charge in [0.05, 0.1) is 23.1 Å². The smallest absolute Gasteiger partial charge is 0.350 e. The normalized spacial score (nSPS) is 37.2. The molecule has 3 fully saturated rings. The number of fused-ring (bicyclic) bond motifs is 5. The van der Waals surface area contributed by atoms with Crippen molar-refractivity contribution in [3.05, 3.63) is 29.6 Å². The molecule has 60 heavy (non-hydrogen) atoms. The maximum absolute atomic E-state index is 14.3. The molecule has 4 bridgehead atoms. The van der Waals surface area contributed by atoms with E-state index in [0.29, 0.717) is 0 Å². The summed E-state index contributed by atoms with van der Waals surface area (Å²) < 4.78 is 53.7. The fraction of sp³-hybridized carbons (Fsp3) is 0.675. The SMILES string of the molecule is CC(=O)OC[C@]12[C@H](OC(=O)C(C)(C)OC(C)=O)[C@H](OC(C)=O)[C@@H]3[C@@H](OC(C)=O)[C@@]14O[C@@]3(C)COC(=O)c1cccnc1[C@H](C)[C@@H](C)C(=O)O[C@@H]([C@H](O)[C@@H]2OC(C)=O)[C@]4(C)O. The summed E-state index contributed by atoms with van der Waals surface area (Å²) in [5, 5.41) is 25.8. The summed E-state index contributed by atoms with van der Waals surface area (Å²) in [5.74, 6) is -12.2. The van der Waals surface area contributed by atoms with E-state index in [1.54, 1.807) is 6.92 Å².